The minimum absolute atomic E-state index is 0.179. The molecule has 1 amide bonds. The summed E-state index contributed by atoms with van der Waals surface area (Å²) in [5.41, 5.74) is 3.15. The predicted molar refractivity (Wildman–Crippen MR) is 114 cm³/mol. The smallest absolute Gasteiger partial charge is 0.251 e. The first kappa shape index (κ1) is 21.5. The Morgan fingerprint density at radius 3 is 2.24 bits per heavy atom. The second kappa shape index (κ2) is 8.65. The molecule has 1 heterocycles. The number of nitrogens with zero attached hydrogens (tertiary/aromatic N) is 2. The number of carbonyl (C=O) groups excluding carboxylic acids is 1. The van der Waals surface area contributed by atoms with E-state index in [-0.39, 0.29) is 16.8 Å². The third-order valence-corrected chi connectivity index (χ3v) is 7.50. The molecule has 3 rings (SSSR count). The van der Waals surface area contributed by atoms with Gasteiger partial charge in [0.1, 0.15) is 0 Å². The van der Waals surface area contributed by atoms with Gasteiger partial charge in [0.2, 0.25) is 10.0 Å². The van der Waals surface area contributed by atoms with Crippen LogP contribution in [-0.4, -0.2) is 56.8 Å². The Balaban J connectivity index is 1.80. The van der Waals surface area contributed by atoms with Gasteiger partial charge in [-0.2, -0.15) is 4.31 Å². The summed E-state index contributed by atoms with van der Waals surface area (Å²) in [7, 11) is -1.65. The number of carbonyl (C=O) groups is 1. The van der Waals surface area contributed by atoms with Gasteiger partial charge in [-0.3, -0.25) is 4.79 Å². The minimum Gasteiger partial charge on any atom is -0.346 e. The lowest BCUT2D eigenvalue weighted by Gasteiger charge is -2.32. The van der Waals surface area contributed by atoms with Crippen LogP contribution in [0.3, 0.4) is 0 Å². The van der Waals surface area contributed by atoms with Gasteiger partial charge < -0.3 is 10.2 Å². The molecule has 156 valence electrons. The highest BCUT2D eigenvalue weighted by Crippen LogP contribution is 2.23. The van der Waals surface area contributed by atoms with E-state index in [2.05, 4.69) is 10.2 Å². The van der Waals surface area contributed by atoms with Crippen molar-refractivity contribution in [3.8, 4) is 0 Å². The van der Waals surface area contributed by atoms with E-state index >= 15 is 0 Å². The molecule has 0 bridgehead atoms. The fraction of sp³-hybridized carbons (Fsp3) is 0.409. The average molecular weight is 416 g/mol. The molecule has 0 spiro atoms. The Morgan fingerprint density at radius 1 is 1.00 bits per heavy atom. The lowest BCUT2D eigenvalue weighted by molar-refractivity contribution is 0.0939. The molecule has 0 aromatic heterocycles. The maximum absolute atomic E-state index is 13.1. The van der Waals surface area contributed by atoms with Crippen LogP contribution in [0.4, 0.5) is 0 Å². The maximum Gasteiger partial charge on any atom is 0.251 e. The van der Waals surface area contributed by atoms with E-state index in [4.69, 9.17) is 0 Å². The lowest BCUT2D eigenvalue weighted by Crippen LogP contribution is -2.47. The van der Waals surface area contributed by atoms with Crippen LogP contribution in [0.2, 0.25) is 0 Å². The van der Waals surface area contributed by atoms with Crippen molar-refractivity contribution in [1.82, 2.24) is 14.5 Å². The van der Waals surface area contributed by atoms with Crippen LogP contribution in [0, 0.1) is 13.8 Å². The zero-order valence-corrected chi connectivity index (χ0v) is 18.3. The van der Waals surface area contributed by atoms with Gasteiger partial charge in [0, 0.05) is 31.7 Å². The second-order valence-electron chi connectivity index (χ2n) is 7.79. The number of hydrogen-bond donors (Lipinski definition) is 1. The van der Waals surface area contributed by atoms with Crippen LogP contribution in [0.1, 0.15) is 40.0 Å². The minimum atomic E-state index is -3.63. The molecule has 2 aromatic rings. The summed E-state index contributed by atoms with van der Waals surface area (Å²) in [4.78, 5) is 15.1. The molecule has 1 aliphatic heterocycles. The number of hydrogen-bond acceptors (Lipinski definition) is 4. The quantitative estimate of drug-likeness (QED) is 0.815. The van der Waals surface area contributed by atoms with Gasteiger partial charge in [-0.05, 0) is 51.1 Å². The zero-order chi connectivity index (χ0) is 21.2. The van der Waals surface area contributed by atoms with E-state index in [1.54, 1.807) is 19.1 Å². The first-order valence-electron chi connectivity index (χ1n) is 9.85. The summed E-state index contributed by atoms with van der Waals surface area (Å²) in [5, 5.41) is 2.96. The largest absolute Gasteiger partial charge is 0.346 e. The van der Waals surface area contributed by atoms with Crippen LogP contribution in [-0.2, 0) is 10.0 Å². The third-order valence-electron chi connectivity index (χ3n) is 5.46. The SMILES string of the molecule is Cc1ccc(C(C)NC(=O)c2ccc(C)c(S(=O)(=O)N3CCN(C)CC3)c2)cc1. The number of rotatable bonds is 5. The highest BCUT2D eigenvalue weighted by molar-refractivity contribution is 7.89. The molecule has 1 fully saturated rings. The summed E-state index contributed by atoms with van der Waals surface area (Å²) in [6.07, 6.45) is 0. The number of aryl methyl sites for hydroxylation is 2. The molecule has 2 aromatic carbocycles. The van der Waals surface area contributed by atoms with E-state index in [1.807, 2.05) is 45.2 Å². The van der Waals surface area contributed by atoms with E-state index in [9.17, 15) is 13.2 Å². The van der Waals surface area contributed by atoms with Crippen molar-refractivity contribution in [1.29, 1.82) is 0 Å². The second-order valence-corrected chi connectivity index (χ2v) is 9.70. The number of benzene rings is 2. The number of nitrogens with one attached hydrogen (secondary N) is 1. The highest BCUT2D eigenvalue weighted by atomic mass is 32.2. The molecular formula is C22H29N3O3S. The number of amides is 1. The number of likely N-dealkylation sites (N-methyl/N-ethyl adjacent to an activating group) is 1. The van der Waals surface area contributed by atoms with Gasteiger partial charge in [-0.1, -0.05) is 35.9 Å². The van der Waals surface area contributed by atoms with E-state index in [0.29, 0.717) is 37.3 Å². The molecule has 1 saturated heterocycles. The van der Waals surface area contributed by atoms with Gasteiger partial charge >= 0.3 is 0 Å². The molecule has 1 N–H and O–H groups in total. The molecule has 0 aliphatic carbocycles. The standard InChI is InChI=1S/C22H29N3O3S/c1-16-5-8-19(9-6-16)18(3)23-22(26)20-10-7-17(2)21(15-20)29(27,28)25-13-11-24(4)12-14-25/h5-10,15,18H,11-14H2,1-4H3,(H,23,26). The summed E-state index contributed by atoms with van der Waals surface area (Å²) in [6.45, 7) is 8.01. The molecule has 0 saturated carbocycles. The van der Waals surface area contributed by atoms with Crippen molar-refractivity contribution < 1.29 is 13.2 Å². The average Bonchev–Trinajstić information content (AvgIpc) is 2.69. The molecule has 1 aliphatic rings. The van der Waals surface area contributed by atoms with Gasteiger partial charge in [-0.15, -0.1) is 0 Å². The molecule has 1 atom stereocenters. The molecule has 1 unspecified atom stereocenters. The van der Waals surface area contributed by atoms with E-state index < -0.39 is 10.0 Å². The number of sulfonamides is 1. The first-order valence-corrected chi connectivity index (χ1v) is 11.3. The fourth-order valence-corrected chi connectivity index (χ4v) is 5.08. The Bertz CT molecular complexity index is 979. The van der Waals surface area contributed by atoms with Crippen LogP contribution in [0.25, 0.3) is 0 Å². The normalized spacial score (nSPS) is 17.1. The summed E-state index contributed by atoms with van der Waals surface area (Å²) in [5.74, 6) is -0.284. The topological polar surface area (TPSA) is 69.7 Å². The molecule has 7 heteroatoms. The monoisotopic (exact) mass is 415 g/mol. The van der Waals surface area contributed by atoms with Crippen molar-refractivity contribution in [2.75, 3.05) is 33.2 Å². The van der Waals surface area contributed by atoms with Crippen molar-refractivity contribution >= 4 is 15.9 Å². The Kier molecular flexibility index (Phi) is 6.41. The fourth-order valence-electron chi connectivity index (χ4n) is 3.41. The highest BCUT2D eigenvalue weighted by Gasteiger charge is 2.29. The van der Waals surface area contributed by atoms with Crippen LogP contribution in [0.5, 0.6) is 0 Å². The van der Waals surface area contributed by atoms with Crippen LogP contribution in [0.15, 0.2) is 47.4 Å². The van der Waals surface area contributed by atoms with Crippen LogP contribution >= 0.6 is 0 Å². The summed E-state index contributed by atoms with van der Waals surface area (Å²) in [6, 6.07) is 12.7. The maximum atomic E-state index is 13.1. The van der Waals surface area contributed by atoms with Crippen molar-refractivity contribution in [2.45, 2.75) is 31.7 Å². The molecule has 29 heavy (non-hydrogen) atoms. The van der Waals surface area contributed by atoms with Gasteiger partial charge in [-0.25, -0.2) is 8.42 Å². The third kappa shape index (κ3) is 4.86. The molecule has 0 radical (unpaired) electrons. The first-order chi connectivity index (χ1) is 13.7. The Labute approximate surface area is 173 Å². The van der Waals surface area contributed by atoms with E-state index in [1.165, 1.54) is 10.4 Å². The van der Waals surface area contributed by atoms with Gasteiger partial charge in [0.25, 0.3) is 5.91 Å². The van der Waals surface area contributed by atoms with Gasteiger partial charge in [0.15, 0.2) is 0 Å². The molecular weight excluding hydrogens is 386 g/mol. The predicted octanol–water partition coefficient (Wildman–Crippen LogP) is 2.73. The lowest BCUT2D eigenvalue weighted by atomic mass is 10.1. The van der Waals surface area contributed by atoms with E-state index in [0.717, 1.165) is 11.1 Å². The number of piperazine rings is 1. The van der Waals surface area contributed by atoms with Crippen LogP contribution < -0.4 is 5.32 Å². The summed E-state index contributed by atoms with van der Waals surface area (Å²) >= 11 is 0. The Morgan fingerprint density at radius 2 is 1.62 bits per heavy atom. The van der Waals surface area contributed by atoms with Crippen molar-refractivity contribution in [3.63, 3.8) is 0 Å². The van der Waals surface area contributed by atoms with Crippen molar-refractivity contribution in [3.05, 3.63) is 64.7 Å². The Hall–Kier alpha value is -2.22. The zero-order valence-electron chi connectivity index (χ0n) is 17.5. The molecule has 6 nitrogen and oxygen atoms in total. The van der Waals surface area contributed by atoms with Gasteiger partial charge in [0.05, 0.1) is 10.9 Å². The van der Waals surface area contributed by atoms with Crippen molar-refractivity contribution in [2.24, 2.45) is 0 Å². The summed E-state index contributed by atoms with van der Waals surface area (Å²) < 4.78 is 27.8.